The lowest BCUT2D eigenvalue weighted by Crippen LogP contribution is -2.18. The molecule has 0 saturated carbocycles. The molecule has 0 fully saturated rings. The van der Waals surface area contributed by atoms with E-state index in [0.717, 1.165) is 0 Å². The van der Waals surface area contributed by atoms with E-state index in [1.165, 1.54) is 0 Å². The molecule has 50 valence electrons. The standard InChI is InChI=1S/C3H6.CH4N2O.H3N/c1-3-2;2-1(3)4;/h3H,1H2,2H3;(H4,2,3,4);1H3. The lowest BCUT2D eigenvalue weighted by Gasteiger charge is -1.62. The topological polar surface area (TPSA) is 104 Å². The van der Waals surface area contributed by atoms with Gasteiger partial charge in [-0.2, -0.15) is 0 Å². The van der Waals surface area contributed by atoms with Crippen molar-refractivity contribution in [2.75, 3.05) is 0 Å². The first-order valence-electron chi connectivity index (χ1n) is 1.77. The van der Waals surface area contributed by atoms with Crippen LogP contribution in [-0.4, -0.2) is 6.03 Å². The fourth-order valence-electron chi connectivity index (χ4n) is 0. The zero-order valence-corrected chi connectivity index (χ0v) is 5.05. The van der Waals surface area contributed by atoms with Gasteiger partial charge >= 0.3 is 6.03 Å². The molecule has 0 saturated heterocycles. The molecule has 8 heavy (non-hydrogen) atoms. The predicted octanol–water partition coefficient (Wildman–Crippen LogP) is 0.378. The minimum Gasteiger partial charge on any atom is -0.352 e. The van der Waals surface area contributed by atoms with Crippen molar-refractivity contribution in [1.29, 1.82) is 0 Å². The summed E-state index contributed by atoms with van der Waals surface area (Å²) in [5.41, 5.74) is 8.50. The number of allylic oxidation sites excluding steroid dienone is 1. The molecule has 0 aliphatic heterocycles. The van der Waals surface area contributed by atoms with Crippen LogP contribution in [0, 0.1) is 0 Å². The van der Waals surface area contributed by atoms with Crippen LogP contribution in [0.5, 0.6) is 0 Å². The molecule has 0 spiro atoms. The maximum atomic E-state index is 9.00. The first kappa shape index (κ1) is 15.8. The van der Waals surface area contributed by atoms with Crippen LogP contribution >= 0.6 is 0 Å². The van der Waals surface area contributed by atoms with E-state index in [-0.39, 0.29) is 6.15 Å². The van der Waals surface area contributed by atoms with Crippen LogP contribution in [-0.2, 0) is 0 Å². The normalized spacial score (nSPS) is 4.62. The van der Waals surface area contributed by atoms with Gasteiger partial charge in [0.05, 0.1) is 0 Å². The number of hydrogen-bond acceptors (Lipinski definition) is 2. The molecule has 4 nitrogen and oxygen atoms in total. The molecule has 0 aliphatic rings. The first-order valence-corrected chi connectivity index (χ1v) is 1.77. The Morgan fingerprint density at radius 2 is 1.62 bits per heavy atom. The SMILES string of the molecule is C=CC.N.NC(N)=O. The Balaban J connectivity index is -0.0000000575. The lowest BCUT2D eigenvalue weighted by atomic mass is 10.8. The second-order valence-electron chi connectivity index (χ2n) is 0.811. The van der Waals surface area contributed by atoms with Gasteiger partial charge in [-0.3, -0.25) is 0 Å². The monoisotopic (exact) mass is 119 g/mol. The van der Waals surface area contributed by atoms with Crippen molar-refractivity contribution in [3.63, 3.8) is 0 Å². The van der Waals surface area contributed by atoms with Crippen LogP contribution in [0.3, 0.4) is 0 Å². The summed E-state index contributed by atoms with van der Waals surface area (Å²) in [6.45, 7) is 5.25. The van der Waals surface area contributed by atoms with Crippen LogP contribution in [0.15, 0.2) is 12.7 Å². The maximum Gasteiger partial charge on any atom is 0.309 e. The second-order valence-corrected chi connectivity index (χ2v) is 0.811. The summed E-state index contributed by atoms with van der Waals surface area (Å²) in [4.78, 5) is 9.00. The van der Waals surface area contributed by atoms with Crippen molar-refractivity contribution in [1.82, 2.24) is 6.15 Å². The number of amides is 2. The average molecular weight is 119 g/mol. The molecule has 0 aromatic heterocycles. The van der Waals surface area contributed by atoms with E-state index >= 15 is 0 Å². The van der Waals surface area contributed by atoms with Gasteiger partial charge in [0.2, 0.25) is 0 Å². The third-order valence-corrected chi connectivity index (χ3v) is 0. The first-order chi connectivity index (χ1) is 3.15. The van der Waals surface area contributed by atoms with Gasteiger partial charge in [0, 0.05) is 0 Å². The van der Waals surface area contributed by atoms with Gasteiger partial charge in [0.1, 0.15) is 0 Å². The van der Waals surface area contributed by atoms with Gasteiger partial charge < -0.3 is 17.6 Å². The Morgan fingerprint density at radius 1 is 1.62 bits per heavy atom. The summed E-state index contributed by atoms with van der Waals surface area (Å²) in [6, 6.07) is -0.833. The minimum absolute atomic E-state index is 0. The number of hydrogen-bond donors (Lipinski definition) is 3. The van der Waals surface area contributed by atoms with Crippen molar-refractivity contribution in [2.24, 2.45) is 11.5 Å². The Bertz CT molecular complexity index is 58.3. The largest absolute Gasteiger partial charge is 0.352 e. The van der Waals surface area contributed by atoms with E-state index in [2.05, 4.69) is 18.0 Å². The quantitative estimate of drug-likeness (QED) is 0.401. The fourth-order valence-corrected chi connectivity index (χ4v) is 0. The number of primary amides is 2. The highest BCUT2D eigenvalue weighted by atomic mass is 16.2. The molecule has 0 aliphatic carbocycles. The van der Waals surface area contributed by atoms with Gasteiger partial charge in [0.25, 0.3) is 0 Å². The van der Waals surface area contributed by atoms with Crippen LogP contribution < -0.4 is 17.6 Å². The van der Waals surface area contributed by atoms with Gasteiger partial charge in [0.15, 0.2) is 0 Å². The number of nitrogens with two attached hydrogens (primary N) is 2. The molecule has 0 bridgehead atoms. The molecule has 2 amide bonds. The van der Waals surface area contributed by atoms with Crippen molar-refractivity contribution in [3.8, 4) is 0 Å². The van der Waals surface area contributed by atoms with E-state index in [9.17, 15) is 0 Å². The summed E-state index contributed by atoms with van der Waals surface area (Å²) in [5, 5.41) is 0. The van der Waals surface area contributed by atoms with Crippen molar-refractivity contribution < 1.29 is 4.79 Å². The molecule has 4 heteroatoms. The summed E-state index contributed by atoms with van der Waals surface area (Å²) in [7, 11) is 0. The Kier molecular flexibility index (Phi) is 32.9. The summed E-state index contributed by atoms with van der Waals surface area (Å²) >= 11 is 0. The highest BCUT2D eigenvalue weighted by Crippen LogP contribution is 1.38. The van der Waals surface area contributed by atoms with Crippen molar-refractivity contribution in [3.05, 3.63) is 12.7 Å². The van der Waals surface area contributed by atoms with Crippen LogP contribution in [0.4, 0.5) is 4.79 Å². The third-order valence-electron chi connectivity index (χ3n) is 0. The van der Waals surface area contributed by atoms with Crippen LogP contribution in [0.25, 0.3) is 0 Å². The van der Waals surface area contributed by atoms with Crippen molar-refractivity contribution >= 4 is 6.03 Å². The minimum atomic E-state index is -0.833. The number of carbonyl (C=O) groups is 1. The van der Waals surface area contributed by atoms with Gasteiger partial charge in [-0.05, 0) is 6.92 Å². The van der Waals surface area contributed by atoms with Crippen LogP contribution in [0.1, 0.15) is 6.92 Å². The smallest absolute Gasteiger partial charge is 0.309 e. The van der Waals surface area contributed by atoms with E-state index in [4.69, 9.17) is 4.79 Å². The molecule has 0 unspecified atom stereocenters. The molecule has 0 heterocycles. The van der Waals surface area contributed by atoms with E-state index < -0.39 is 6.03 Å². The van der Waals surface area contributed by atoms with Gasteiger partial charge in [-0.1, -0.05) is 6.08 Å². The van der Waals surface area contributed by atoms with Gasteiger partial charge in [-0.25, -0.2) is 4.79 Å². The summed E-state index contributed by atoms with van der Waals surface area (Å²) in [5.74, 6) is 0. The molecule has 7 N–H and O–H groups in total. The average Bonchev–Trinajstić information content (AvgIpc) is 1.33. The predicted molar refractivity (Wildman–Crippen MR) is 34.7 cm³/mol. The third kappa shape index (κ3) is 73.8. The Hall–Kier alpha value is -1.03. The lowest BCUT2D eigenvalue weighted by molar-refractivity contribution is 0.256. The Morgan fingerprint density at radius 3 is 1.62 bits per heavy atom. The molecule has 0 aromatic rings. The van der Waals surface area contributed by atoms with Gasteiger partial charge in [-0.15, -0.1) is 6.58 Å². The maximum absolute atomic E-state index is 9.00. The molecule has 0 aromatic carbocycles. The summed E-state index contributed by atoms with van der Waals surface area (Å²) < 4.78 is 0. The summed E-state index contributed by atoms with van der Waals surface area (Å²) in [6.07, 6.45) is 1.75. The second kappa shape index (κ2) is 16.7. The van der Waals surface area contributed by atoms with E-state index in [1.54, 1.807) is 6.08 Å². The number of carbonyl (C=O) groups excluding carboxylic acids is 1. The molecule has 0 radical (unpaired) electrons. The highest BCUT2D eigenvalue weighted by Gasteiger charge is 1.60. The Labute approximate surface area is 49.1 Å². The zero-order valence-electron chi connectivity index (χ0n) is 5.05. The zero-order chi connectivity index (χ0) is 6.28. The van der Waals surface area contributed by atoms with Crippen molar-refractivity contribution in [2.45, 2.75) is 6.92 Å². The van der Waals surface area contributed by atoms with E-state index in [0.29, 0.717) is 0 Å². The van der Waals surface area contributed by atoms with E-state index in [1.807, 2.05) is 6.92 Å². The molecular formula is C4H13N3O. The number of rotatable bonds is 0. The molecular weight excluding hydrogens is 106 g/mol. The highest BCUT2D eigenvalue weighted by molar-refractivity contribution is 5.69. The number of urea groups is 1. The molecule has 0 atom stereocenters. The van der Waals surface area contributed by atoms with Crippen LogP contribution in [0.2, 0.25) is 0 Å². The molecule has 0 rings (SSSR count). The fraction of sp³-hybridized carbons (Fsp3) is 0.250.